The molecule has 0 aromatic heterocycles. The van der Waals surface area contributed by atoms with Crippen molar-refractivity contribution in [3.05, 3.63) is 59.7 Å². The smallest absolute Gasteiger partial charge is 0.0402 e. The molecule has 0 fully saturated rings. The van der Waals surface area contributed by atoms with Crippen LogP contribution in [0.15, 0.2) is 48.5 Å². The van der Waals surface area contributed by atoms with Gasteiger partial charge in [-0.05, 0) is 43.5 Å². The van der Waals surface area contributed by atoms with Crippen LogP contribution in [0, 0.1) is 6.92 Å². The van der Waals surface area contributed by atoms with Crippen LogP contribution < -0.4 is 10.2 Å². The zero-order chi connectivity index (χ0) is 13.9. The van der Waals surface area contributed by atoms with E-state index in [2.05, 4.69) is 72.6 Å². The summed E-state index contributed by atoms with van der Waals surface area (Å²) >= 11 is 0. The SMILES string of the molecule is Cc1ccccc1NCCN1c2ccccc2CC1C. The fraction of sp³-hybridized carbons (Fsp3) is 0.333. The van der Waals surface area contributed by atoms with Crippen molar-refractivity contribution in [1.82, 2.24) is 0 Å². The summed E-state index contributed by atoms with van der Waals surface area (Å²) in [6.45, 7) is 6.49. The van der Waals surface area contributed by atoms with Crippen molar-refractivity contribution < 1.29 is 0 Å². The van der Waals surface area contributed by atoms with E-state index in [-0.39, 0.29) is 0 Å². The monoisotopic (exact) mass is 266 g/mol. The minimum absolute atomic E-state index is 0.603. The molecule has 1 N–H and O–H groups in total. The number of para-hydroxylation sites is 2. The number of nitrogens with one attached hydrogen (secondary N) is 1. The average molecular weight is 266 g/mol. The molecular weight excluding hydrogens is 244 g/mol. The first kappa shape index (κ1) is 13.0. The lowest BCUT2D eigenvalue weighted by Crippen LogP contribution is -2.33. The minimum Gasteiger partial charge on any atom is -0.383 e. The Morgan fingerprint density at radius 1 is 1.10 bits per heavy atom. The summed E-state index contributed by atoms with van der Waals surface area (Å²) in [4.78, 5) is 2.51. The fourth-order valence-corrected chi connectivity index (χ4v) is 3.05. The van der Waals surface area contributed by atoms with E-state index in [0.717, 1.165) is 13.1 Å². The van der Waals surface area contributed by atoms with Gasteiger partial charge in [-0.1, -0.05) is 36.4 Å². The van der Waals surface area contributed by atoms with Crippen LogP contribution in [0.25, 0.3) is 0 Å². The minimum atomic E-state index is 0.603. The molecule has 2 nitrogen and oxygen atoms in total. The lowest BCUT2D eigenvalue weighted by atomic mass is 10.1. The maximum atomic E-state index is 3.55. The number of fused-ring (bicyclic) bond motifs is 1. The predicted octanol–water partition coefficient (Wildman–Crippen LogP) is 3.86. The second-order valence-corrected chi connectivity index (χ2v) is 5.62. The Balaban J connectivity index is 1.63. The summed E-state index contributed by atoms with van der Waals surface area (Å²) in [5.74, 6) is 0. The molecule has 0 aliphatic carbocycles. The van der Waals surface area contributed by atoms with Gasteiger partial charge in [-0.3, -0.25) is 0 Å². The number of benzene rings is 2. The molecular formula is C18H22N2. The zero-order valence-corrected chi connectivity index (χ0v) is 12.3. The highest BCUT2D eigenvalue weighted by Gasteiger charge is 2.24. The van der Waals surface area contributed by atoms with Gasteiger partial charge in [0.2, 0.25) is 0 Å². The van der Waals surface area contributed by atoms with E-state index in [1.165, 1.54) is 28.9 Å². The lowest BCUT2D eigenvalue weighted by Gasteiger charge is -2.25. The van der Waals surface area contributed by atoms with Crippen LogP contribution in [0.4, 0.5) is 11.4 Å². The van der Waals surface area contributed by atoms with Crippen LogP contribution in [-0.4, -0.2) is 19.1 Å². The number of nitrogens with zero attached hydrogens (tertiary/aromatic N) is 1. The highest BCUT2D eigenvalue weighted by Crippen LogP contribution is 2.31. The van der Waals surface area contributed by atoms with Crippen LogP contribution in [0.1, 0.15) is 18.1 Å². The van der Waals surface area contributed by atoms with E-state index in [9.17, 15) is 0 Å². The maximum Gasteiger partial charge on any atom is 0.0402 e. The molecule has 1 aliphatic heterocycles. The maximum absolute atomic E-state index is 3.55. The van der Waals surface area contributed by atoms with E-state index in [0.29, 0.717) is 6.04 Å². The number of hydrogen-bond acceptors (Lipinski definition) is 2. The molecule has 104 valence electrons. The number of rotatable bonds is 4. The quantitative estimate of drug-likeness (QED) is 0.904. The molecule has 1 heterocycles. The third-order valence-corrected chi connectivity index (χ3v) is 4.16. The average Bonchev–Trinajstić information content (AvgIpc) is 2.77. The Hall–Kier alpha value is -1.96. The second kappa shape index (κ2) is 5.58. The predicted molar refractivity (Wildman–Crippen MR) is 86.6 cm³/mol. The van der Waals surface area contributed by atoms with Crippen LogP contribution >= 0.6 is 0 Å². The summed E-state index contributed by atoms with van der Waals surface area (Å²) in [7, 11) is 0. The molecule has 2 aromatic rings. The number of aryl methyl sites for hydroxylation is 1. The molecule has 0 saturated carbocycles. The standard InChI is InChI=1S/C18H22N2/c1-14-7-3-5-9-17(14)19-11-12-20-15(2)13-16-8-4-6-10-18(16)20/h3-10,15,19H,11-13H2,1-2H3. The Labute approximate surface area is 121 Å². The number of anilines is 2. The molecule has 1 unspecified atom stereocenters. The van der Waals surface area contributed by atoms with Crippen molar-refractivity contribution in [2.24, 2.45) is 0 Å². The molecule has 0 saturated heterocycles. The van der Waals surface area contributed by atoms with E-state index >= 15 is 0 Å². The lowest BCUT2D eigenvalue weighted by molar-refractivity contribution is 0.680. The second-order valence-electron chi connectivity index (χ2n) is 5.62. The molecule has 2 aromatic carbocycles. The van der Waals surface area contributed by atoms with Crippen LogP contribution in [0.2, 0.25) is 0 Å². The first-order chi connectivity index (χ1) is 9.75. The largest absolute Gasteiger partial charge is 0.383 e. The third kappa shape index (κ3) is 2.51. The van der Waals surface area contributed by atoms with Gasteiger partial charge in [0.1, 0.15) is 0 Å². The summed E-state index contributed by atoms with van der Waals surface area (Å²) < 4.78 is 0. The van der Waals surface area contributed by atoms with Crippen LogP contribution in [0.3, 0.4) is 0 Å². The van der Waals surface area contributed by atoms with Crippen molar-refractivity contribution in [2.45, 2.75) is 26.3 Å². The van der Waals surface area contributed by atoms with Crippen molar-refractivity contribution in [1.29, 1.82) is 0 Å². The van der Waals surface area contributed by atoms with Gasteiger partial charge in [0.15, 0.2) is 0 Å². The topological polar surface area (TPSA) is 15.3 Å². The summed E-state index contributed by atoms with van der Waals surface area (Å²) in [5.41, 5.74) is 5.44. The van der Waals surface area contributed by atoms with Crippen LogP contribution in [-0.2, 0) is 6.42 Å². The molecule has 0 spiro atoms. The molecule has 0 amide bonds. The van der Waals surface area contributed by atoms with Gasteiger partial charge >= 0.3 is 0 Å². The molecule has 1 aliphatic rings. The van der Waals surface area contributed by atoms with Gasteiger partial charge in [0, 0.05) is 30.5 Å². The van der Waals surface area contributed by atoms with E-state index in [1.807, 2.05) is 0 Å². The first-order valence-corrected chi connectivity index (χ1v) is 7.40. The first-order valence-electron chi connectivity index (χ1n) is 7.40. The molecule has 0 radical (unpaired) electrons. The van der Waals surface area contributed by atoms with Gasteiger partial charge < -0.3 is 10.2 Å². The van der Waals surface area contributed by atoms with Crippen LogP contribution in [0.5, 0.6) is 0 Å². The van der Waals surface area contributed by atoms with Crippen molar-refractivity contribution in [3.63, 3.8) is 0 Å². The fourth-order valence-electron chi connectivity index (χ4n) is 3.05. The molecule has 3 rings (SSSR count). The molecule has 0 bridgehead atoms. The third-order valence-electron chi connectivity index (χ3n) is 4.16. The van der Waals surface area contributed by atoms with Crippen molar-refractivity contribution in [3.8, 4) is 0 Å². The number of hydrogen-bond donors (Lipinski definition) is 1. The van der Waals surface area contributed by atoms with Crippen molar-refractivity contribution in [2.75, 3.05) is 23.3 Å². The van der Waals surface area contributed by atoms with E-state index in [1.54, 1.807) is 0 Å². The van der Waals surface area contributed by atoms with E-state index < -0.39 is 0 Å². The Morgan fingerprint density at radius 2 is 1.85 bits per heavy atom. The zero-order valence-electron chi connectivity index (χ0n) is 12.3. The molecule has 20 heavy (non-hydrogen) atoms. The Morgan fingerprint density at radius 3 is 2.70 bits per heavy atom. The van der Waals surface area contributed by atoms with Gasteiger partial charge in [-0.25, -0.2) is 0 Å². The normalized spacial score (nSPS) is 17.1. The van der Waals surface area contributed by atoms with Gasteiger partial charge in [-0.2, -0.15) is 0 Å². The summed E-state index contributed by atoms with van der Waals surface area (Å²) in [5, 5.41) is 3.55. The Kier molecular flexibility index (Phi) is 3.64. The van der Waals surface area contributed by atoms with Gasteiger partial charge in [0.25, 0.3) is 0 Å². The highest BCUT2D eigenvalue weighted by atomic mass is 15.2. The van der Waals surface area contributed by atoms with Gasteiger partial charge in [-0.15, -0.1) is 0 Å². The highest BCUT2D eigenvalue weighted by molar-refractivity contribution is 5.59. The Bertz CT molecular complexity index is 591. The molecule has 2 heteroatoms. The summed E-state index contributed by atoms with van der Waals surface area (Å²) in [6.07, 6.45) is 1.17. The summed E-state index contributed by atoms with van der Waals surface area (Å²) in [6, 6.07) is 17.8. The molecule has 1 atom stereocenters. The van der Waals surface area contributed by atoms with E-state index in [4.69, 9.17) is 0 Å². The van der Waals surface area contributed by atoms with Gasteiger partial charge in [0.05, 0.1) is 0 Å². The van der Waals surface area contributed by atoms with Crippen molar-refractivity contribution >= 4 is 11.4 Å².